The second kappa shape index (κ2) is 8.12. The summed E-state index contributed by atoms with van der Waals surface area (Å²) in [7, 11) is -3.21. The summed E-state index contributed by atoms with van der Waals surface area (Å²) in [6.45, 7) is 0. The van der Waals surface area contributed by atoms with Gasteiger partial charge in [0.2, 0.25) is 7.14 Å². The summed E-state index contributed by atoms with van der Waals surface area (Å²) in [6, 6.07) is 38.5. The number of rotatable bonds is 4. The minimum Gasteiger partial charge on any atom is -0.305 e. The molecule has 0 unspecified atom stereocenters. The van der Waals surface area contributed by atoms with Gasteiger partial charge in [0.05, 0.1) is 0 Å². The van der Waals surface area contributed by atoms with Crippen LogP contribution in [0.5, 0.6) is 0 Å². The smallest absolute Gasteiger partial charge is 0.206 e. The molecule has 0 bridgehead atoms. The maximum absolute atomic E-state index is 14.6. The van der Waals surface area contributed by atoms with Gasteiger partial charge in [-0.25, -0.2) is 9.97 Å². The zero-order chi connectivity index (χ0) is 24.1. The third-order valence-corrected chi connectivity index (χ3v) is 9.84. The van der Waals surface area contributed by atoms with Crippen LogP contribution in [-0.2, 0) is 4.57 Å². The summed E-state index contributed by atoms with van der Waals surface area (Å²) in [6.07, 6.45) is 3.63. The summed E-state index contributed by atoms with van der Waals surface area (Å²) in [5.74, 6) is 0. The zero-order valence-corrected chi connectivity index (χ0v) is 20.3. The highest BCUT2D eigenvalue weighted by Gasteiger charge is 2.32. The standard InChI is InChI=1S/C32H21N2OP/c35-36(26-10-3-1-4-11-26,27-12-5-2-6-13-27)32-33-20-25(21-34-32)28-18-16-24-15-14-22-8-7-9-23-17-19-29(28)31(24)30(22)23/h1-21H. The van der Waals surface area contributed by atoms with Crippen molar-refractivity contribution in [3.63, 3.8) is 0 Å². The molecule has 7 rings (SSSR count). The highest BCUT2D eigenvalue weighted by molar-refractivity contribution is 7.84. The van der Waals surface area contributed by atoms with Gasteiger partial charge in [0, 0.05) is 28.6 Å². The molecule has 0 spiro atoms. The van der Waals surface area contributed by atoms with E-state index in [4.69, 9.17) is 9.97 Å². The van der Waals surface area contributed by atoms with Gasteiger partial charge in [-0.3, -0.25) is 0 Å². The Kier molecular flexibility index (Phi) is 4.73. The van der Waals surface area contributed by atoms with Gasteiger partial charge in [0.15, 0.2) is 5.57 Å². The topological polar surface area (TPSA) is 42.9 Å². The lowest BCUT2D eigenvalue weighted by Gasteiger charge is -2.18. The molecule has 0 aliphatic rings. The normalized spacial score (nSPS) is 12.0. The molecular weight excluding hydrogens is 459 g/mol. The van der Waals surface area contributed by atoms with Gasteiger partial charge in [-0.15, -0.1) is 0 Å². The van der Waals surface area contributed by atoms with Crippen LogP contribution in [0.1, 0.15) is 0 Å². The van der Waals surface area contributed by atoms with Crippen LogP contribution < -0.4 is 16.2 Å². The van der Waals surface area contributed by atoms with Crippen molar-refractivity contribution in [3.8, 4) is 11.1 Å². The van der Waals surface area contributed by atoms with E-state index in [1.54, 1.807) is 0 Å². The molecule has 0 atom stereocenters. The molecule has 0 saturated heterocycles. The predicted octanol–water partition coefficient (Wildman–Crippen LogP) is 6.68. The lowest BCUT2D eigenvalue weighted by Crippen LogP contribution is -2.28. The first-order chi connectivity index (χ1) is 17.7. The van der Waals surface area contributed by atoms with E-state index in [0.29, 0.717) is 5.57 Å². The highest BCUT2D eigenvalue weighted by Crippen LogP contribution is 2.42. The summed E-state index contributed by atoms with van der Waals surface area (Å²) in [5, 5.41) is 8.85. The first-order valence-electron chi connectivity index (χ1n) is 11.9. The van der Waals surface area contributed by atoms with Crippen molar-refractivity contribution in [3.05, 3.63) is 128 Å². The van der Waals surface area contributed by atoms with Crippen molar-refractivity contribution in [2.45, 2.75) is 0 Å². The Hall–Kier alpha value is -4.33. The predicted molar refractivity (Wildman–Crippen MR) is 151 cm³/mol. The van der Waals surface area contributed by atoms with E-state index >= 15 is 0 Å². The lowest BCUT2D eigenvalue weighted by atomic mass is 9.90. The van der Waals surface area contributed by atoms with Crippen molar-refractivity contribution in [2.75, 3.05) is 0 Å². The van der Waals surface area contributed by atoms with Crippen LogP contribution in [0, 0.1) is 0 Å². The van der Waals surface area contributed by atoms with Gasteiger partial charge in [-0.2, -0.15) is 0 Å². The molecule has 6 aromatic carbocycles. The van der Waals surface area contributed by atoms with Gasteiger partial charge in [-0.1, -0.05) is 115 Å². The average molecular weight is 481 g/mol. The Labute approximate surface area is 208 Å². The van der Waals surface area contributed by atoms with Crippen LogP contribution in [0.3, 0.4) is 0 Å². The molecule has 7 aromatic rings. The molecular formula is C32H21N2OP. The van der Waals surface area contributed by atoms with Gasteiger partial charge in [0.1, 0.15) is 0 Å². The monoisotopic (exact) mass is 480 g/mol. The van der Waals surface area contributed by atoms with Crippen LogP contribution in [0.4, 0.5) is 0 Å². The fraction of sp³-hybridized carbons (Fsp3) is 0. The van der Waals surface area contributed by atoms with Gasteiger partial charge >= 0.3 is 0 Å². The molecule has 0 aliphatic heterocycles. The summed E-state index contributed by atoms with van der Waals surface area (Å²) in [5.41, 5.74) is 2.33. The second-order valence-electron chi connectivity index (χ2n) is 9.02. The molecule has 36 heavy (non-hydrogen) atoms. The fourth-order valence-electron chi connectivity index (χ4n) is 5.27. The Bertz CT molecular complexity index is 1840. The molecule has 0 saturated carbocycles. The number of aromatic nitrogens is 2. The molecule has 0 N–H and O–H groups in total. The van der Waals surface area contributed by atoms with Gasteiger partial charge in [-0.05, 0) is 37.9 Å². The third kappa shape index (κ3) is 3.10. The Morgan fingerprint density at radius 2 is 1.03 bits per heavy atom. The van der Waals surface area contributed by atoms with Crippen LogP contribution in [0.2, 0.25) is 0 Å². The Morgan fingerprint density at radius 1 is 0.500 bits per heavy atom. The maximum Gasteiger partial charge on any atom is 0.206 e. The van der Waals surface area contributed by atoms with E-state index in [1.165, 1.54) is 32.3 Å². The van der Waals surface area contributed by atoms with Gasteiger partial charge in [0.25, 0.3) is 0 Å². The van der Waals surface area contributed by atoms with Gasteiger partial charge < -0.3 is 4.57 Å². The minimum absolute atomic E-state index is 0.348. The average Bonchev–Trinajstić information content (AvgIpc) is 2.96. The minimum atomic E-state index is -3.21. The van der Waals surface area contributed by atoms with Crippen LogP contribution in [0.25, 0.3) is 43.4 Å². The fourth-order valence-corrected chi connectivity index (χ4v) is 7.65. The molecule has 0 radical (unpaired) electrons. The van der Waals surface area contributed by atoms with E-state index in [9.17, 15) is 4.57 Å². The van der Waals surface area contributed by atoms with E-state index in [-0.39, 0.29) is 0 Å². The van der Waals surface area contributed by atoms with E-state index < -0.39 is 7.14 Å². The molecule has 3 nitrogen and oxygen atoms in total. The first-order valence-corrected chi connectivity index (χ1v) is 13.6. The van der Waals surface area contributed by atoms with E-state index in [1.807, 2.05) is 73.1 Å². The van der Waals surface area contributed by atoms with Crippen molar-refractivity contribution in [1.29, 1.82) is 0 Å². The number of hydrogen-bond donors (Lipinski definition) is 0. The lowest BCUT2D eigenvalue weighted by molar-refractivity contribution is 0.591. The SMILES string of the molecule is O=P(c1ccccc1)(c1ccccc1)c1ncc(-c2ccc3ccc4cccc5ccc2c3c45)cn1. The van der Waals surface area contributed by atoms with E-state index in [0.717, 1.165) is 21.7 Å². The molecule has 0 fully saturated rings. The number of hydrogen-bond acceptors (Lipinski definition) is 3. The molecule has 4 heteroatoms. The Morgan fingerprint density at radius 3 is 1.64 bits per heavy atom. The number of nitrogens with zero attached hydrogens (tertiary/aromatic N) is 2. The zero-order valence-electron chi connectivity index (χ0n) is 19.4. The summed E-state index contributed by atoms with van der Waals surface area (Å²) in [4.78, 5) is 9.43. The maximum atomic E-state index is 14.6. The van der Waals surface area contributed by atoms with Crippen molar-refractivity contribution >= 4 is 55.6 Å². The van der Waals surface area contributed by atoms with Crippen LogP contribution in [-0.4, -0.2) is 9.97 Å². The quantitative estimate of drug-likeness (QED) is 0.208. The number of benzene rings is 6. The molecule has 1 heterocycles. The molecule has 0 amide bonds. The van der Waals surface area contributed by atoms with Crippen molar-refractivity contribution in [2.24, 2.45) is 0 Å². The first kappa shape index (κ1) is 21.0. The molecule has 0 aliphatic carbocycles. The second-order valence-corrected chi connectivity index (χ2v) is 11.7. The van der Waals surface area contributed by atoms with Crippen LogP contribution >= 0.6 is 7.14 Å². The largest absolute Gasteiger partial charge is 0.305 e. The summed E-state index contributed by atoms with van der Waals surface area (Å²) >= 11 is 0. The third-order valence-electron chi connectivity index (χ3n) is 7.00. The van der Waals surface area contributed by atoms with Crippen molar-refractivity contribution in [1.82, 2.24) is 9.97 Å². The Balaban J connectivity index is 1.41. The van der Waals surface area contributed by atoms with E-state index in [2.05, 4.69) is 54.6 Å². The summed E-state index contributed by atoms with van der Waals surface area (Å²) < 4.78 is 14.6. The van der Waals surface area contributed by atoms with Crippen molar-refractivity contribution < 1.29 is 4.57 Å². The highest BCUT2D eigenvalue weighted by atomic mass is 31.2. The molecule has 170 valence electrons. The van der Waals surface area contributed by atoms with Crippen LogP contribution in [0.15, 0.2) is 128 Å². The molecule has 1 aromatic heterocycles.